The van der Waals surface area contributed by atoms with E-state index in [2.05, 4.69) is 6.92 Å². The van der Waals surface area contributed by atoms with E-state index in [1.54, 1.807) is 6.07 Å². The average molecular weight is 216 g/mol. The Labute approximate surface area is 92.6 Å². The van der Waals surface area contributed by atoms with Crippen LogP contribution in [0.25, 0.3) is 11.0 Å². The first-order valence-electron chi connectivity index (χ1n) is 5.40. The van der Waals surface area contributed by atoms with Gasteiger partial charge in [-0.05, 0) is 25.1 Å². The molecule has 3 nitrogen and oxygen atoms in total. The summed E-state index contributed by atoms with van der Waals surface area (Å²) in [6.07, 6.45) is 0.131. The summed E-state index contributed by atoms with van der Waals surface area (Å²) in [5.41, 5.74) is 1.37. The third-order valence-electron chi connectivity index (χ3n) is 3.26. The summed E-state index contributed by atoms with van der Waals surface area (Å²) in [6, 6.07) is 7.09. The Balaban J connectivity index is 2.40. The van der Waals surface area contributed by atoms with E-state index >= 15 is 0 Å². The van der Waals surface area contributed by atoms with Gasteiger partial charge in [-0.1, -0.05) is 6.92 Å². The molecule has 0 amide bonds. The SMILES string of the molecule is CC1Oc2ccc3ccc(=O)oc3c2C1C. The summed E-state index contributed by atoms with van der Waals surface area (Å²) >= 11 is 0. The van der Waals surface area contributed by atoms with Gasteiger partial charge in [0.15, 0.2) is 0 Å². The lowest BCUT2D eigenvalue weighted by Crippen LogP contribution is -2.10. The molecule has 1 aliphatic heterocycles. The second-order valence-electron chi connectivity index (χ2n) is 4.26. The smallest absolute Gasteiger partial charge is 0.336 e. The number of rotatable bonds is 0. The molecule has 1 aliphatic rings. The molecule has 1 aromatic carbocycles. The Hall–Kier alpha value is -1.77. The molecule has 0 N–H and O–H groups in total. The van der Waals surface area contributed by atoms with E-state index < -0.39 is 0 Å². The van der Waals surface area contributed by atoms with E-state index in [0.717, 1.165) is 16.7 Å². The van der Waals surface area contributed by atoms with Crippen LogP contribution in [0.5, 0.6) is 5.75 Å². The van der Waals surface area contributed by atoms with Crippen molar-refractivity contribution in [2.75, 3.05) is 0 Å². The topological polar surface area (TPSA) is 39.4 Å². The lowest BCUT2D eigenvalue weighted by molar-refractivity contribution is 0.232. The van der Waals surface area contributed by atoms with Crippen LogP contribution >= 0.6 is 0 Å². The van der Waals surface area contributed by atoms with Crippen LogP contribution in [0.1, 0.15) is 25.3 Å². The van der Waals surface area contributed by atoms with Gasteiger partial charge in [0.25, 0.3) is 0 Å². The fraction of sp³-hybridized carbons (Fsp3) is 0.308. The molecule has 0 spiro atoms. The summed E-state index contributed by atoms with van der Waals surface area (Å²) in [5, 5.41) is 0.947. The molecule has 1 aromatic heterocycles. The van der Waals surface area contributed by atoms with Crippen molar-refractivity contribution in [3.63, 3.8) is 0 Å². The van der Waals surface area contributed by atoms with Crippen LogP contribution in [0.3, 0.4) is 0 Å². The number of ether oxygens (including phenoxy) is 1. The molecule has 2 atom stereocenters. The van der Waals surface area contributed by atoms with Crippen LogP contribution in [-0.4, -0.2) is 6.10 Å². The normalized spacial score (nSPS) is 23.1. The Morgan fingerprint density at radius 2 is 1.88 bits per heavy atom. The highest BCUT2D eigenvalue weighted by atomic mass is 16.5. The molecule has 3 heteroatoms. The van der Waals surface area contributed by atoms with Crippen molar-refractivity contribution in [1.29, 1.82) is 0 Å². The molecule has 0 saturated heterocycles. The highest BCUT2D eigenvalue weighted by Gasteiger charge is 2.30. The molecular formula is C13H12O3. The van der Waals surface area contributed by atoms with E-state index in [4.69, 9.17) is 9.15 Å². The van der Waals surface area contributed by atoms with Crippen molar-refractivity contribution in [3.05, 3.63) is 40.2 Å². The maximum absolute atomic E-state index is 11.3. The second-order valence-corrected chi connectivity index (χ2v) is 4.26. The zero-order valence-electron chi connectivity index (χ0n) is 9.19. The van der Waals surface area contributed by atoms with Crippen LogP contribution in [-0.2, 0) is 0 Å². The van der Waals surface area contributed by atoms with Gasteiger partial charge in [0.1, 0.15) is 17.4 Å². The number of benzene rings is 1. The molecule has 0 fully saturated rings. The van der Waals surface area contributed by atoms with E-state index in [9.17, 15) is 4.79 Å². The van der Waals surface area contributed by atoms with E-state index in [1.807, 2.05) is 19.1 Å². The minimum Gasteiger partial charge on any atom is -0.490 e. The van der Waals surface area contributed by atoms with Gasteiger partial charge < -0.3 is 9.15 Å². The van der Waals surface area contributed by atoms with Gasteiger partial charge in [-0.3, -0.25) is 0 Å². The largest absolute Gasteiger partial charge is 0.490 e. The zero-order valence-corrected chi connectivity index (χ0v) is 9.19. The zero-order chi connectivity index (χ0) is 11.3. The molecule has 0 radical (unpaired) electrons. The maximum atomic E-state index is 11.3. The molecular weight excluding hydrogens is 204 g/mol. The van der Waals surface area contributed by atoms with Gasteiger partial charge in [-0.15, -0.1) is 0 Å². The summed E-state index contributed by atoms with van der Waals surface area (Å²) in [6.45, 7) is 4.11. The minimum atomic E-state index is -0.312. The van der Waals surface area contributed by atoms with Crippen molar-refractivity contribution >= 4 is 11.0 Å². The monoisotopic (exact) mass is 216 g/mol. The molecule has 0 saturated carbocycles. The fourth-order valence-electron chi connectivity index (χ4n) is 2.21. The Morgan fingerprint density at radius 1 is 1.12 bits per heavy atom. The van der Waals surface area contributed by atoms with Crippen molar-refractivity contribution in [2.45, 2.75) is 25.9 Å². The summed E-state index contributed by atoms with van der Waals surface area (Å²) in [5.74, 6) is 1.09. The molecule has 3 rings (SSSR count). The summed E-state index contributed by atoms with van der Waals surface area (Å²) < 4.78 is 11.0. The standard InChI is InChI=1S/C13H12O3/c1-7-8(2)15-10-5-3-9-4-6-11(14)16-13(9)12(7)10/h3-8H,1-2H3. The van der Waals surface area contributed by atoms with Crippen molar-refractivity contribution in [3.8, 4) is 5.75 Å². The highest BCUT2D eigenvalue weighted by molar-refractivity contribution is 5.83. The molecule has 82 valence electrons. The first-order chi connectivity index (χ1) is 7.66. The lowest BCUT2D eigenvalue weighted by atomic mass is 9.96. The molecule has 2 unspecified atom stereocenters. The van der Waals surface area contributed by atoms with E-state index in [-0.39, 0.29) is 17.6 Å². The van der Waals surface area contributed by atoms with Gasteiger partial charge in [0.05, 0.1) is 0 Å². The van der Waals surface area contributed by atoms with Crippen LogP contribution in [0.15, 0.2) is 33.5 Å². The van der Waals surface area contributed by atoms with Crippen LogP contribution < -0.4 is 10.4 Å². The summed E-state index contributed by atoms with van der Waals surface area (Å²) in [7, 11) is 0. The molecule has 0 aliphatic carbocycles. The first kappa shape index (κ1) is 9.46. The Bertz CT molecular complexity index is 612. The van der Waals surface area contributed by atoms with Gasteiger partial charge in [0, 0.05) is 22.9 Å². The third-order valence-corrected chi connectivity index (χ3v) is 3.26. The fourth-order valence-corrected chi connectivity index (χ4v) is 2.21. The van der Waals surface area contributed by atoms with Gasteiger partial charge in [-0.25, -0.2) is 4.79 Å². The summed E-state index contributed by atoms with van der Waals surface area (Å²) in [4.78, 5) is 11.3. The Kier molecular flexibility index (Phi) is 1.84. The van der Waals surface area contributed by atoms with E-state index in [1.165, 1.54) is 6.07 Å². The quantitative estimate of drug-likeness (QED) is 0.635. The highest BCUT2D eigenvalue weighted by Crippen LogP contribution is 2.41. The number of hydrogen-bond donors (Lipinski definition) is 0. The van der Waals surface area contributed by atoms with Crippen LogP contribution in [0, 0.1) is 0 Å². The lowest BCUT2D eigenvalue weighted by Gasteiger charge is -2.07. The minimum absolute atomic E-state index is 0.131. The first-order valence-corrected chi connectivity index (χ1v) is 5.40. The molecule has 16 heavy (non-hydrogen) atoms. The van der Waals surface area contributed by atoms with Crippen molar-refractivity contribution in [2.24, 2.45) is 0 Å². The number of fused-ring (bicyclic) bond motifs is 3. The molecule has 2 aromatic rings. The van der Waals surface area contributed by atoms with Crippen LogP contribution in [0.4, 0.5) is 0 Å². The van der Waals surface area contributed by atoms with Crippen molar-refractivity contribution in [1.82, 2.24) is 0 Å². The van der Waals surface area contributed by atoms with Gasteiger partial charge >= 0.3 is 5.63 Å². The average Bonchev–Trinajstić information content (AvgIpc) is 2.55. The third kappa shape index (κ3) is 1.18. The predicted molar refractivity (Wildman–Crippen MR) is 61.0 cm³/mol. The van der Waals surface area contributed by atoms with Gasteiger partial charge in [-0.2, -0.15) is 0 Å². The predicted octanol–water partition coefficient (Wildman–Crippen LogP) is 2.68. The van der Waals surface area contributed by atoms with Crippen molar-refractivity contribution < 1.29 is 9.15 Å². The molecule has 2 heterocycles. The van der Waals surface area contributed by atoms with Gasteiger partial charge in [0.2, 0.25) is 0 Å². The number of hydrogen-bond acceptors (Lipinski definition) is 3. The van der Waals surface area contributed by atoms with Crippen LogP contribution in [0.2, 0.25) is 0 Å². The maximum Gasteiger partial charge on any atom is 0.336 e. The molecule has 0 bridgehead atoms. The second kappa shape index (κ2) is 3.11. The Morgan fingerprint density at radius 3 is 2.69 bits per heavy atom. The van der Waals surface area contributed by atoms with E-state index in [0.29, 0.717) is 5.58 Å².